The topological polar surface area (TPSA) is 63.2 Å². The molecule has 0 bridgehead atoms. The number of carbonyl (C=O) groups is 1. The Morgan fingerprint density at radius 3 is 2.50 bits per heavy atom. The molecular formula is C15H12F3NO3S2. The quantitative estimate of drug-likeness (QED) is 0.891. The Morgan fingerprint density at radius 2 is 1.88 bits per heavy atom. The van der Waals surface area contributed by atoms with Crippen LogP contribution in [0.25, 0.3) is 0 Å². The van der Waals surface area contributed by atoms with E-state index in [1.54, 1.807) is 5.38 Å². The van der Waals surface area contributed by atoms with E-state index < -0.39 is 39.5 Å². The van der Waals surface area contributed by atoms with Gasteiger partial charge in [-0.3, -0.25) is 4.79 Å². The number of hydrogen-bond donors (Lipinski definition) is 1. The maximum Gasteiger partial charge on any atom is 0.416 e. The summed E-state index contributed by atoms with van der Waals surface area (Å²) in [5.74, 6) is -2.17. The van der Waals surface area contributed by atoms with E-state index in [1.807, 2.05) is 4.72 Å². The average Bonchev–Trinajstić information content (AvgIpc) is 3.10. The van der Waals surface area contributed by atoms with Crippen molar-refractivity contribution >= 4 is 27.3 Å². The largest absolute Gasteiger partial charge is 0.416 e. The molecule has 1 heterocycles. The summed E-state index contributed by atoms with van der Waals surface area (Å²) in [4.78, 5) is 12.1. The highest BCUT2D eigenvalue weighted by atomic mass is 32.2. The van der Waals surface area contributed by atoms with Gasteiger partial charge in [0.15, 0.2) is 0 Å². The molecule has 0 radical (unpaired) electrons. The Bertz CT molecular complexity index is 860. The van der Waals surface area contributed by atoms with Crippen LogP contribution in [0.1, 0.15) is 23.5 Å². The molecule has 1 saturated carbocycles. The maximum absolute atomic E-state index is 13.0. The van der Waals surface area contributed by atoms with Gasteiger partial charge in [0.25, 0.3) is 10.0 Å². The number of thiophene rings is 1. The van der Waals surface area contributed by atoms with Crippen LogP contribution in [0.5, 0.6) is 0 Å². The third-order valence-corrected chi connectivity index (χ3v) is 6.53. The first-order chi connectivity index (χ1) is 11.2. The fraction of sp³-hybridized carbons (Fsp3) is 0.267. The number of sulfonamides is 1. The molecule has 1 fully saturated rings. The van der Waals surface area contributed by atoms with Crippen molar-refractivity contribution in [1.82, 2.24) is 4.72 Å². The molecule has 0 aliphatic heterocycles. The minimum Gasteiger partial charge on any atom is -0.274 e. The fourth-order valence-electron chi connectivity index (χ4n) is 2.58. The lowest BCUT2D eigenvalue weighted by atomic mass is 10.0. The summed E-state index contributed by atoms with van der Waals surface area (Å²) >= 11 is 0.956. The second kappa shape index (κ2) is 5.89. The van der Waals surface area contributed by atoms with E-state index in [4.69, 9.17) is 0 Å². The minimum atomic E-state index is -4.51. The summed E-state index contributed by atoms with van der Waals surface area (Å²) < 4.78 is 65.0. The molecule has 3 rings (SSSR count). The first-order valence-electron chi connectivity index (χ1n) is 6.96. The van der Waals surface area contributed by atoms with E-state index in [1.165, 1.54) is 30.3 Å². The van der Waals surface area contributed by atoms with Crippen LogP contribution in [0.3, 0.4) is 0 Å². The van der Waals surface area contributed by atoms with Crippen LogP contribution in [0.4, 0.5) is 13.2 Å². The highest BCUT2D eigenvalue weighted by Gasteiger charge is 2.48. The molecule has 1 aliphatic carbocycles. The first-order valence-corrected chi connectivity index (χ1v) is 9.33. The molecule has 24 heavy (non-hydrogen) atoms. The van der Waals surface area contributed by atoms with Crippen molar-refractivity contribution < 1.29 is 26.4 Å². The molecule has 1 aromatic heterocycles. The van der Waals surface area contributed by atoms with Crippen LogP contribution in [0.2, 0.25) is 0 Å². The molecule has 2 unspecified atom stereocenters. The van der Waals surface area contributed by atoms with Gasteiger partial charge in [-0.1, -0.05) is 24.3 Å². The van der Waals surface area contributed by atoms with Gasteiger partial charge in [0, 0.05) is 5.92 Å². The van der Waals surface area contributed by atoms with Crippen molar-refractivity contribution in [1.29, 1.82) is 0 Å². The van der Waals surface area contributed by atoms with Crippen LogP contribution >= 0.6 is 11.3 Å². The van der Waals surface area contributed by atoms with Gasteiger partial charge >= 0.3 is 6.18 Å². The second-order valence-electron chi connectivity index (χ2n) is 5.44. The summed E-state index contributed by atoms with van der Waals surface area (Å²) in [5, 5.41) is 1.55. The molecule has 9 heteroatoms. The average molecular weight is 375 g/mol. The van der Waals surface area contributed by atoms with E-state index in [2.05, 4.69) is 0 Å². The molecule has 0 saturated heterocycles. The number of hydrogen-bond acceptors (Lipinski definition) is 4. The Hall–Kier alpha value is -1.87. The summed E-state index contributed by atoms with van der Waals surface area (Å²) in [6, 6.07) is 7.93. The van der Waals surface area contributed by atoms with Crippen molar-refractivity contribution in [3.63, 3.8) is 0 Å². The highest BCUT2D eigenvalue weighted by molar-refractivity contribution is 7.92. The monoisotopic (exact) mass is 375 g/mol. The molecule has 1 aliphatic rings. The van der Waals surface area contributed by atoms with E-state index in [0.29, 0.717) is 0 Å². The number of rotatable bonds is 4. The van der Waals surface area contributed by atoms with E-state index >= 15 is 0 Å². The van der Waals surface area contributed by atoms with Crippen LogP contribution in [-0.2, 0) is 21.0 Å². The molecule has 1 amide bonds. The standard InChI is InChI=1S/C15H12F3NO3S2/c16-15(17,18)12-5-2-1-4-9(12)10-8-11(10)14(20)19-24(21,22)13-6-3-7-23-13/h1-7,10-11H,8H2,(H,19,20). The zero-order valence-electron chi connectivity index (χ0n) is 12.1. The molecular weight excluding hydrogens is 363 g/mol. The van der Waals surface area contributed by atoms with E-state index in [0.717, 1.165) is 17.4 Å². The predicted molar refractivity (Wildman–Crippen MR) is 81.9 cm³/mol. The Labute approximate surface area is 140 Å². The van der Waals surface area contributed by atoms with Gasteiger partial charge < -0.3 is 0 Å². The lowest BCUT2D eigenvalue weighted by Crippen LogP contribution is -2.31. The molecule has 4 nitrogen and oxygen atoms in total. The third kappa shape index (κ3) is 3.32. The normalized spacial score (nSPS) is 20.6. The molecule has 0 spiro atoms. The number of halogens is 3. The van der Waals surface area contributed by atoms with Gasteiger partial charge in [-0.15, -0.1) is 11.3 Å². The molecule has 1 N–H and O–H groups in total. The van der Waals surface area contributed by atoms with Gasteiger partial charge in [0.05, 0.1) is 5.56 Å². The molecule has 1 aromatic carbocycles. The Balaban J connectivity index is 1.76. The van der Waals surface area contributed by atoms with E-state index in [-0.39, 0.29) is 16.2 Å². The number of nitrogens with one attached hydrogen (secondary N) is 1. The van der Waals surface area contributed by atoms with Crippen LogP contribution in [0, 0.1) is 5.92 Å². The van der Waals surface area contributed by atoms with Crippen LogP contribution in [0.15, 0.2) is 46.0 Å². The van der Waals surface area contributed by atoms with Crippen molar-refractivity contribution in [2.45, 2.75) is 22.7 Å². The SMILES string of the molecule is O=C(NS(=O)(=O)c1cccs1)C1CC1c1ccccc1C(F)(F)F. The summed E-state index contributed by atoms with van der Waals surface area (Å²) in [5.41, 5.74) is -0.759. The van der Waals surface area contributed by atoms with Crippen molar-refractivity contribution in [3.8, 4) is 0 Å². The van der Waals surface area contributed by atoms with Crippen molar-refractivity contribution in [2.24, 2.45) is 5.92 Å². The summed E-state index contributed by atoms with van der Waals surface area (Å²) in [6.45, 7) is 0. The maximum atomic E-state index is 13.0. The zero-order chi connectivity index (χ0) is 17.5. The molecule has 128 valence electrons. The zero-order valence-corrected chi connectivity index (χ0v) is 13.7. The van der Waals surface area contributed by atoms with Crippen LogP contribution < -0.4 is 4.72 Å². The van der Waals surface area contributed by atoms with Gasteiger partial charge in [0.1, 0.15) is 4.21 Å². The predicted octanol–water partition coefficient (Wildman–Crippen LogP) is 3.38. The minimum absolute atomic E-state index is 0.0104. The van der Waals surface area contributed by atoms with Gasteiger partial charge in [-0.2, -0.15) is 13.2 Å². The number of carbonyl (C=O) groups excluding carboxylic acids is 1. The fourth-order valence-corrected chi connectivity index (χ4v) is 4.60. The number of amides is 1. The van der Waals surface area contributed by atoms with Crippen LogP contribution in [-0.4, -0.2) is 14.3 Å². The molecule has 2 aromatic rings. The van der Waals surface area contributed by atoms with Crippen molar-refractivity contribution in [3.05, 3.63) is 52.9 Å². The Morgan fingerprint density at radius 1 is 1.17 bits per heavy atom. The van der Waals surface area contributed by atoms with Gasteiger partial charge in [0.2, 0.25) is 5.91 Å². The third-order valence-electron chi connectivity index (χ3n) is 3.79. The van der Waals surface area contributed by atoms with Gasteiger partial charge in [-0.05, 0) is 35.4 Å². The van der Waals surface area contributed by atoms with E-state index in [9.17, 15) is 26.4 Å². The van der Waals surface area contributed by atoms with Gasteiger partial charge in [-0.25, -0.2) is 13.1 Å². The number of alkyl halides is 3. The number of benzene rings is 1. The second-order valence-corrected chi connectivity index (χ2v) is 8.29. The summed E-state index contributed by atoms with van der Waals surface area (Å²) in [7, 11) is -3.97. The smallest absolute Gasteiger partial charge is 0.274 e. The molecule has 2 atom stereocenters. The summed E-state index contributed by atoms with van der Waals surface area (Å²) in [6.07, 6.45) is -4.32. The first kappa shape index (κ1) is 17.0. The Kier molecular flexibility index (Phi) is 4.16. The lowest BCUT2D eigenvalue weighted by molar-refractivity contribution is -0.138. The van der Waals surface area contributed by atoms with Crippen molar-refractivity contribution in [2.75, 3.05) is 0 Å². The lowest BCUT2D eigenvalue weighted by Gasteiger charge is -2.12. The highest BCUT2D eigenvalue weighted by Crippen LogP contribution is 2.51.